The Balaban J connectivity index is 1.88. The zero-order chi connectivity index (χ0) is 11.4. The van der Waals surface area contributed by atoms with E-state index in [2.05, 4.69) is 10.8 Å². The van der Waals surface area contributed by atoms with Crippen molar-refractivity contribution in [1.82, 2.24) is 5.32 Å². The minimum atomic E-state index is -0.645. The second-order valence-corrected chi connectivity index (χ2v) is 3.79. The quantitative estimate of drug-likeness (QED) is 0.777. The Hall–Kier alpha value is -1.20. The average molecular weight is 228 g/mol. The van der Waals surface area contributed by atoms with E-state index in [9.17, 15) is 8.78 Å². The predicted molar refractivity (Wildman–Crippen MR) is 57.0 cm³/mol. The molecule has 0 atom stereocenters. The van der Waals surface area contributed by atoms with E-state index in [-0.39, 0.29) is 11.8 Å². The lowest BCUT2D eigenvalue weighted by Gasteiger charge is -2.23. The zero-order valence-electron chi connectivity index (χ0n) is 8.80. The number of rotatable bonds is 3. The molecule has 0 aliphatic carbocycles. The molecule has 0 unspecified atom stereocenters. The summed E-state index contributed by atoms with van der Waals surface area (Å²) < 4.78 is 25.8. The highest BCUT2D eigenvalue weighted by molar-refractivity contribution is 5.42. The van der Waals surface area contributed by atoms with Crippen molar-refractivity contribution in [1.29, 1.82) is 0 Å². The van der Waals surface area contributed by atoms with Gasteiger partial charge in [0.2, 0.25) is 0 Å². The van der Waals surface area contributed by atoms with Gasteiger partial charge in [-0.15, -0.1) is 0 Å². The number of piperidine rings is 1. The second kappa shape index (κ2) is 5.23. The molecule has 1 heterocycles. The lowest BCUT2D eigenvalue weighted by atomic mass is 10.1. The van der Waals surface area contributed by atoms with Crippen molar-refractivity contribution in [3.63, 3.8) is 0 Å². The van der Waals surface area contributed by atoms with Gasteiger partial charge in [-0.1, -0.05) is 0 Å². The van der Waals surface area contributed by atoms with E-state index in [1.807, 2.05) is 0 Å². The Labute approximate surface area is 92.7 Å². The summed E-state index contributed by atoms with van der Waals surface area (Å²) in [4.78, 5) is 5.34. The Bertz CT molecular complexity index is 354. The van der Waals surface area contributed by atoms with Crippen LogP contribution in [0.4, 0.5) is 14.5 Å². The molecule has 2 N–H and O–H groups in total. The summed E-state index contributed by atoms with van der Waals surface area (Å²) >= 11 is 0. The molecule has 0 aromatic heterocycles. The molecule has 2 rings (SSSR count). The number of halogens is 2. The lowest BCUT2D eigenvalue weighted by molar-refractivity contribution is 0.0733. The fraction of sp³-hybridized carbons (Fsp3) is 0.455. The van der Waals surface area contributed by atoms with Gasteiger partial charge in [-0.2, -0.15) is 0 Å². The molecule has 0 radical (unpaired) electrons. The maximum atomic E-state index is 13.2. The molecule has 1 saturated heterocycles. The monoisotopic (exact) mass is 228 g/mol. The minimum Gasteiger partial charge on any atom is -0.317 e. The average Bonchev–Trinajstić information content (AvgIpc) is 2.29. The van der Waals surface area contributed by atoms with Crippen LogP contribution in [0.3, 0.4) is 0 Å². The van der Waals surface area contributed by atoms with Gasteiger partial charge in [0.1, 0.15) is 5.82 Å². The van der Waals surface area contributed by atoms with Crippen LogP contribution in [-0.4, -0.2) is 19.2 Å². The van der Waals surface area contributed by atoms with E-state index < -0.39 is 11.6 Å². The highest BCUT2D eigenvalue weighted by Gasteiger charge is 2.14. The zero-order valence-corrected chi connectivity index (χ0v) is 8.80. The normalized spacial score (nSPS) is 17.4. The Morgan fingerprint density at radius 1 is 1.25 bits per heavy atom. The van der Waals surface area contributed by atoms with E-state index >= 15 is 0 Å². The van der Waals surface area contributed by atoms with Crippen molar-refractivity contribution in [2.45, 2.75) is 18.9 Å². The van der Waals surface area contributed by atoms with Crippen LogP contribution >= 0.6 is 0 Å². The highest BCUT2D eigenvalue weighted by Crippen LogP contribution is 2.16. The van der Waals surface area contributed by atoms with Gasteiger partial charge in [0.05, 0.1) is 11.8 Å². The molecule has 1 aromatic rings. The summed E-state index contributed by atoms with van der Waals surface area (Å²) in [5.41, 5.74) is 2.71. The molecular weight excluding hydrogens is 214 g/mol. The third-order valence-corrected chi connectivity index (χ3v) is 2.55. The summed E-state index contributed by atoms with van der Waals surface area (Å²) in [5, 5.41) is 3.20. The van der Waals surface area contributed by atoms with Crippen LogP contribution in [0.1, 0.15) is 12.8 Å². The molecule has 0 bridgehead atoms. The van der Waals surface area contributed by atoms with Crippen molar-refractivity contribution in [3.05, 3.63) is 29.8 Å². The van der Waals surface area contributed by atoms with Gasteiger partial charge >= 0.3 is 0 Å². The number of nitrogens with one attached hydrogen (secondary N) is 2. The molecule has 5 heteroatoms. The first kappa shape index (κ1) is 11.3. The SMILES string of the molecule is Fc1ccc(NOC2CCNCC2)c(F)c1. The molecule has 1 aliphatic heterocycles. The fourth-order valence-corrected chi connectivity index (χ4v) is 1.63. The van der Waals surface area contributed by atoms with Crippen LogP contribution in [0.25, 0.3) is 0 Å². The number of benzene rings is 1. The topological polar surface area (TPSA) is 33.3 Å². The number of hydrogen-bond donors (Lipinski definition) is 2. The van der Waals surface area contributed by atoms with Crippen molar-refractivity contribution in [2.24, 2.45) is 0 Å². The van der Waals surface area contributed by atoms with E-state index in [1.165, 1.54) is 12.1 Å². The van der Waals surface area contributed by atoms with Gasteiger partial charge in [-0.3, -0.25) is 10.3 Å². The molecule has 16 heavy (non-hydrogen) atoms. The van der Waals surface area contributed by atoms with Crippen LogP contribution in [0.5, 0.6) is 0 Å². The molecule has 1 aromatic carbocycles. The summed E-state index contributed by atoms with van der Waals surface area (Å²) in [6.07, 6.45) is 1.84. The van der Waals surface area contributed by atoms with Gasteiger partial charge < -0.3 is 5.32 Å². The fourth-order valence-electron chi connectivity index (χ4n) is 1.63. The molecule has 0 spiro atoms. The summed E-state index contributed by atoms with van der Waals surface area (Å²) in [5.74, 6) is -1.24. The van der Waals surface area contributed by atoms with Crippen molar-refractivity contribution < 1.29 is 13.6 Å². The molecular formula is C11H14F2N2O. The smallest absolute Gasteiger partial charge is 0.151 e. The van der Waals surface area contributed by atoms with Crippen LogP contribution < -0.4 is 10.8 Å². The molecule has 1 aliphatic rings. The van der Waals surface area contributed by atoms with E-state index in [0.717, 1.165) is 32.0 Å². The summed E-state index contributed by atoms with van der Waals surface area (Å²) in [6, 6.07) is 3.34. The number of anilines is 1. The van der Waals surface area contributed by atoms with Gasteiger partial charge in [0.15, 0.2) is 5.82 Å². The molecule has 0 saturated carbocycles. The molecule has 3 nitrogen and oxygen atoms in total. The summed E-state index contributed by atoms with van der Waals surface area (Å²) in [7, 11) is 0. The summed E-state index contributed by atoms with van der Waals surface area (Å²) in [6.45, 7) is 1.80. The molecule has 1 fully saturated rings. The maximum Gasteiger partial charge on any atom is 0.151 e. The van der Waals surface area contributed by atoms with Gasteiger partial charge in [-0.25, -0.2) is 8.78 Å². The van der Waals surface area contributed by atoms with Crippen LogP contribution in [0, 0.1) is 11.6 Å². The predicted octanol–water partition coefficient (Wildman–Crippen LogP) is 2.06. The van der Waals surface area contributed by atoms with Crippen molar-refractivity contribution in [2.75, 3.05) is 18.6 Å². The van der Waals surface area contributed by atoms with Crippen molar-refractivity contribution >= 4 is 5.69 Å². The van der Waals surface area contributed by atoms with Gasteiger partial charge in [-0.05, 0) is 38.1 Å². The minimum absolute atomic E-state index is 0.0747. The van der Waals surface area contributed by atoms with E-state index in [0.29, 0.717) is 0 Å². The van der Waals surface area contributed by atoms with Crippen LogP contribution in [-0.2, 0) is 4.84 Å². The Morgan fingerprint density at radius 3 is 2.69 bits per heavy atom. The third kappa shape index (κ3) is 2.90. The Morgan fingerprint density at radius 2 is 2.00 bits per heavy atom. The third-order valence-electron chi connectivity index (χ3n) is 2.55. The maximum absolute atomic E-state index is 13.2. The first-order valence-electron chi connectivity index (χ1n) is 5.33. The van der Waals surface area contributed by atoms with Crippen LogP contribution in [0.15, 0.2) is 18.2 Å². The lowest BCUT2D eigenvalue weighted by Crippen LogP contribution is -2.33. The number of hydrogen-bond acceptors (Lipinski definition) is 3. The van der Waals surface area contributed by atoms with Gasteiger partial charge in [0, 0.05) is 6.07 Å². The standard InChI is InChI=1S/C11H14F2N2O/c12-8-1-2-11(10(13)7-8)15-16-9-3-5-14-6-4-9/h1-2,7,9,14-15H,3-6H2. The molecule has 0 amide bonds. The van der Waals surface area contributed by atoms with Gasteiger partial charge in [0.25, 0.3) is 0 Å². The van der Waals surface area contributed by atoms with E-state index in [1.54, 1.807) is 0 Å². The van der Waals surface area contributed by atoms with E-state index in [4.69, 9.17) is 4.84 Å². The van der Waals surface area contributed by atoms with Crippen molar-refractivity contribution in [3.8, 4) is 0 Å². The Kier molecular flexibility index (Phi) is 3.69. The first-order valence-corrected chi connectivity index (χ1v) is 5.33. The first-order chi connectivity index (χ1) is 7.75. The second-order valence-electron chi connectivity index (χ2n) is 3.79. The molecule has 88 valence electrons. The largest absolute Gasteiger partial charge is 0.317 e. The highest BCUT2D eigenvalue weighted by atomic mass is 19.1. The van der Waals surface area contributed by atoms with Crippen LogP contribution in [0.2, 0.25) is 0 Å².